The van der Waals surface area contributed by atoms with Crippen molar-refractivity contribution in [1.82, 2.24) is 10.6 Å². The summed E-state index contributed by atoms with van der Waals surface area (Å²) >= 11 is 0. The molecule has 0 radical (unpaired) electrons. The molecule has 0 aliphatic rings. The molecule has 0 saturated heterocycles. The van der Waals surface area contributed by atoms with Gasteiger partial charge in [0.25, 0.3) is 0 Å². The molecule has 0 aromatic heterocycles. The van der Waals surface area contributed by atoms with E-state index in [1.807, 2.05) is 14.1 Å². The van der Waals surface area contributed by atoms with Crippen LogP contribution in [0.15, 0.2) is 0 Å². The lowest BCUT2D eigenvalue weighted by Crippen LogP contribution is -2.09. The molecule has 0 aliphatic heterocycles. The van der Waals surface area contributed by atoms with Crippen LogP contribution in [0.3, 0.4) is 0 Å². The second-order valence-corrected chi connectivity index (χ2v) is 1.46. The minimum atomic E-state index is 1.09. The minimum absolute atomic E-state index is 1.09. The molecular weight excluding hydrogens is 100 g/mol. The van der Waals surface area contributed by atoms with E-state index in [0.29, 0.717) is 0 Å². The lowest BCUT2D eigenvalue weighted by molar-refractivity contribution is 0.762. The standard InChI is InChI=1S/C4H11N.C2H7N/c1-3-5-4-2;1-3-2/h5H,3-4H2,1-2H3;3H,1-2H3. The van der Waals surface area contributed by atoms with Gasteiger partial charge in [0.1, 0.15) is 0 Å². The molecule has 0 saturated carbocycles. The van der Waals surface area contributed by atoms with Crippen LogP contribution in [0.1, 0.15) is 13.8 Å². The van der Waals surface area contributed by atoms with E-state index in [4.69, 9.17) is 0 Å². The van der Waals surface area contributed by atoms with Gasteiger partial charge in [0.15, 0.2) is 0 Å². The highest BCUT2D eigenvalue weighted by molar-refractivity contribution is 4.27. The monoisotopic (exact) mass is 118 g/mol. The first-order chi connectivity index (χ1) is 3.83. The Labute approximate surface area is 52.7 Å². The summed E-state index contributed by atoms with van der Waals surface area (Å²) in [6, 6.07) is 0. The summed E-state index contributed by atoms with van der Waals surface area (Å²) in [5, 5.41) is 5.86. The van der Waals surface area contributed by atoms with Crippen molar-refractivity contribution in [3.63, 3.8) is 0 Å². The Morgan fingerprint density at radius 1 is 1.00 bits per heavy atom. The van der Waals surface area contributed by atoms with Gasteiger partial charge in [0.2, 0.25) is 0 Å². The molecule has 2 N–H and O–H groups in total. The van der Waals surface area contributed by atoms with Gasteiger partial charge in [-0.2, -0.15) is 0 Å². The van der Waals surface area contributed by atoms with E-state index in [-0.39, 0.29) is 0 Å². The highest BCUT2D eigenvalue weighted by Crippen LogP contribution is 1.47. The van der Waals surface area contributed by atoms with Gasteiger partial charge < -0.3 is 10.6 Å². The number of hydrogen-bond acceptors (Lipinski definition) is 2. The van der Waals surface area contributed by atoms with E-state index in [9.17, 15) is 0 Å². The van der Waals surface area contributed by atoms with E-state index in [1.165, 1.54) is 0 Å². The molecule has 0 aromatic rings. The molecule has 0 amide bonds. The third kappa shape index (κ3) is 38.9. The Balaban J connectivity index is 0. The molecule has 0 unspecified atom stereocenters. The van der Waals surface area contributed by atoms with Crippen LogP contribution in [0.2, 0.25) is 0 Å². The molecule has 0 fully saturated rings. The summed E-state index contributed by atoms with van der Waals surface area (Å²) in [5.41, 5.74) is 0. The predicted molar refractivity (Wildman–Crippen MR) is 39.2 cm³/mol. The highest BCUT2D eigenvalue weighted by atomic mass is 14.8. The molecule has 0 heterocycles. The van der Waals surface area contributed by atoms with Crippen LogP contribution in [0.4, 0.5) is 0 Å². The van der Waals surface area contributed by atoms with Gasteiger partial charge in [-0.1, -0.05) is 13.8 Å². The SMILES string of the molecule is CCNCC.CNC. The minimum Gasteiger partial charge on any atom is -0.323 e. The zero-order valence-corrected chi connectivity index (χ0v) is 6.41. The summed E-state index contributed by atoms with van der Waals surface area (Å²) in [5.74, 6) is 0. The van der Waals surface area contributed by atoms with Crippen molar-refractivity contribution in [3.05, 3.63) is 0 Å². The van der Waals surface area contributed by atoms with Crippen molar-refractivity contribution in [2.24, 2.45) is 0 Å². The maximum absolute atomic E-state index is 3.11. The van der Waals surface area contributed by atoms with Crippen molar-refractivity contribution in [1.29, 1.82) is 0 Å². The summed E-state index contributed by atoms with van der Waals surface area (Å²) in [7, 11) is 3.75. The lowest BCUT2D eigenvalue weighted by atomic mass is 10.7. The van der Waals surface area contributed by atoms with Gasteiger partial charge >= 0.3 is 0 Å². The second-order valence-electron chi connectivity index (χ2n) is 1.46. The summed E-state index contributed by atoms with van der Waals surface area (Å²) in [6.45, 7) is 6.39. The normalized spacial score (nSPS) is 7.50. The molecule has 0 aliphatic carbocycles. The molecular formula is C6H18N2. The van der Waals surface area contributed by atoms with Crippen LogP contribution in [0.5, 0.6) is 0 Å². The van der Waals surface area contributed by atoms with Crippen molar-refractivity contribution in [3.8, 4) is 0 Å². The number of nitrogens with one attached hydrogen (secondary N) is 2. The lowest BCUT2D eigenvalue weighted by Gasteiger charge is -1.86. The van der Waals surface area contributed by atoms with Gasteiger partial charge in [0, 0.05) is 0 Å². The smallest absolute Gasteiger partial charge is 0.00775 e. The van der Waals surface area contributed by atoms with E-state index in [1.54, 1.807) is 0 Å². The number of hydrogen-bond donors (Lipinski definition) is 2. The molecule has 0 spiro atoms. The third-order valence-electron chi connectivity index (χ3n) is 0.500. The van der Waals surface area contributed by atoms with Gasteiger partial charge in [0.05, 0.1) is 0 Å². The average molecular weight is 118 g/mol. The van der Waals surface area contributed by atoms with Crippen molar-refractivity contribution in [2.45, 2.75) is 13.8 Å². The van der Waals surface area contributed by atoms with E-state index in [0.717, 1.165) is 13.1 Å². The van der Waals surface area contributed by atoms with E-state index < -0.39 is 0 Å². The zero-order valence-electron chi connectivity index (χ0n) is 6.41. The van der Waals surface area contributed by atoms with E-state index in [2.05, 4.69) is 24.5 Å². The fourth-order valence-corrected chi connectivity index (χ4v) is 0.250. The van der Waals surface area contributed by atoms with Crippen LogP contribution in [0.25, 0.3) is 0 Å². The van der Waals surface area contributed by atoms with Crippen molar-refractivity contribution >= 4 is 0 Å². The first-order valence-electron chi connectivity index (χ1n) is 3.12. The van der Waals surface area contributed by atoms with Crippen molar-refractivity contribution in [2.75, 3.05) is 27.2 Å². The Bertz CT molecular complexity index is 20.5. The van der Waals surface area contributed by atoms with Crippen LogP contribution in [0, 0.1) is 0 Å². The van der Waals surface area contributed by atoms with Crippen molar-refractivity contribution < 1.29 is 0 Å². The topological polar surface area (TPSA) is 24.1 Å². The molecule has 52 valence electrons. The molecule has 0 atom stereocenters. The van der Waals surface area contributed by atoms with Gasteiger partial charge in [-0.15, -0.1) is 0 Å². The largest absolute Gasteiger partial charge is 0.323 e. The Morgan fingerprint density at radius 2 is 1.25 bits per heavy atom. The van der Waals surface area contributed by atoms with Crippen LogP contribution >= 0.6 is 0 Å². The quantitative estimate of drug-likeness (QED) is 0.550. The third-order valence-corrected chi connectivity index (χ3v) is 0.500. The summed E-state index contributed by atoms with van der Waals surface area (Å²) in [4.78, 5) is 0. The van der Waals surface area contributed by atoms with Gasteiger partial charge in [-0.25, -0.2) is 0 Å². The summed E-state index contributed by atoms with van der Waals surface area (Å²) in [6.07, 6.45) is 0. The second kappa shape index (κ2) is 15.8. The van der Waals surface area contributed by atoms with Crippen LogP contribution in [-0.4, -0.2) is 27.2 Å². The maximum Gasteiger partial charge on any atom is -0.00775 e. The number of rotatable bonds is 2. The fourth-order valence-electron chi connectivity index (χ4n) is 0.250. The van der Waals surface area contributed by atoms with Gasteiger partial charge in [-0.05, 0) is 27.2 Å². The van der Waals surface area contributed by atoms with Gasteiger partial charge in [-0.3, -0.25) is 0 Å². The first-order valence-corrected chi connectivity index (χ1v) is 3.12. The Morgan fingerprint density at radius 3 is 1.25 bits per heavy atom. The first kappa shape index (κ1) is 10.8. The molecule has 0 bridgehead atoms. The van der Waals surface area contributed by atoms with E-state index >= 15 is 0 Å². The van der Waals surface area contributed by atoms with Crippen LogP contribution < -0.4 is 10.6 Å². The average Bonchev–Trinajstić information content (AvgIpc) is 1.71. The highest BCUT2D eigenvalue weighted by Gasteiger charge is 1.62. The van der Waals surface area contributed by atoms with Crippen LogP contribution in [-0.2, 0) is 0 Å². The predicted octanol–water partition coefficient (Wildman–Crippen LogP) is 0.451. The molecule has 2 nitrogen and oxygen atoms in total. The Hall–Kier alpha value is -0.0800. The molecule has 0 rings (SSSR count). The fraction of sp³-hybridized carbons (Fsp3) is 1.00. The molecule has 0 aromatic carbocycles. The summed E-state index contributed by atoms with van der Waals surface area (Å²) < 4.78 is 0. The molecule has 8 heavy (non-hydrogen) atoms. The zero-order chi connectivity index (χ0) is 6.83. The Kier molecular flexibility index (Phi) is 21.3. The molecule has 2 heteroatoms. The maximum atomic E-state index is 3.11.